The van der Waals surface area contributed by atoms with Crippen molar-refractivity contribution < 1.29 is 9.32 Å². The van der Waals surface area contributed by atoms with E-state index in [0.29, 0.717) is 24.8 Å². The number of thiophene rings is 1. The third kappa shape index (κ3) is 4.64. The van der Waals surface area contributed by atoms with Crippen LogP contribution in [0.5, 0.6) is 0 Å². The van der Waals surface area contributed by atoms with E-state index in [-0.39, 0.29) is 11.9 Å². The number of nitrogens with one attached hydrogen (secondary N) is 1. The van der Waals surface area contributed by atoms with Crippen LogP contribution < -0.4 is 5.32 Å². The molecule has 2 aromatic heterocycles. The zero-order valence-electron chi connectivity index (χ0n) is 13.2. The fourth-order valence-corrected chi connectivity index (χ4v) is 2.67. The van der Waals surface area contributed by atoms with Crippen LogP contribution in [0.15, 0.2) is 22.0 Å². The normalized spacial score (nSPS) is 12.5. The summed E-state index contributed by atoms with van der Waals surface area (Å²) in [5, 5.41) is 8.87. The van der Waals surface area contributed by atoms with Gasteiger partial charge < -0.3 is 9.84 Å². The fraction of sp³-hybridized carbons (Fsp3) is 0.533. The van der Waals surface area contributed by atoms with Gasteiger partial charge in [-0.2, -0.15) is 4.98 Å². The van der Waals surface area contributed by atoms with E-state index < -0.39 is 0 Å². The first-order valence-corrected chi connectivity index (χ1v) is 8.30. The largest absolute Gasteiger partial charge is 0.354 e. The molecule has 0 spiro atoms. The molecule has 0 aliphatic heterocycles. The van der Waals surface area contributed by atoms with Gasteiger partial charge in [0.1, 0.15) is 0 Å². The Morgan fingerprint density at radius 2 is 2.36 bits per heavy atom. The van der Waals surface area contributed by atoms with Gasteiger partial charge in [-0.15, -0.1) is 11.3 Å². The molecule has 0 aromatic carbocycles. The van der Waals surface area contributed by atoms with Crippen LogP contribution in [-0.2, 0) is 24.2 Å². The Balaban J connectivity index is 1.76. The van der Waals surface area contributed by atoms with Crippen molar-refractivity contribution in [1.82, 2.24) is 20.4 Å². The van der Waals surface area contributed by atoms with Crippen LogP contribution in [0, 0.1) is 0 Å². The standard InChI is InChI=1S/C15H22N4O2S/c1-4-13-17-14(21-18-13)10-19(3)11(2)15(20)16-8-7-12-6-5-9-22-12/h5-6,9,11H,4,7-8,10H2,1-3H3,(H,16,20). The monoisotopic (exact) mass is 322 g/mol. The molecule has 0 radical (unpaired) electrons. The minimum atomic E-state index is -0.250. The number of likely N-dealkylation sites (N-methyl/N-ethyl adjacent to an activating group) is 1. The van der Waals surface area contributed by atoms with Crippen LogP contribution in [-0.4, -0.2) is 40.6 Å². The van der Waals surface area contributed by atoms with Gasteiger partial charge in [-0.3, -0.25) is 9.69 Å². The second-order valence-corrected chi connectivity index (χ2v) is 6.20. The van der Waals surface area contributed by atoms with Crippen molar-refractivity contribution >= 4 is 17.2 Å². The van der Waals surface area contributed by atoms with Crippen molar-refractivity contribution in [2.24, 2.45) is 0 Å². The van der Waals surface area contributed by atoms with Gasteiger partial charge >= 0.3 is 0 Å². The molecule has 0 bridgehead atoms. The molecule has 1 atom stereocenters. The summed E-state index contributed by atoms with van der Waals surface area (Å²) in [4.78, 5) is 19.6. The number of rotatable bonds is 8. The third-order valence-corrected chi connectivity index (χ3v) is 4.44. The van der Waals surface area contributed by atoms with Gasteiger partial charge in [0.2, 0.25) is 11.8 Å². The number of aromatic nitrogens is 2. The average Bonchev–Trinajstić information content (AvgIpc) is 3.17. The number of carbonyl (C=O) groups is 1. The maximum Gasteiger partial charge on any atom is 0.240 e. The van der Waals surface area contributed by atoms with Crippen molar-refractivity contribution in [2.45, 2.75) is 39.3 Å². The molecule has 1 amide bonds. The second kappa shape index (κ2) is 8.05. The predicted molar refractivity (Wildman–Crippen MR) is 85.6 cm³/mol. The Morgan fingerprint density at radius 3 is 3.00 bits per heavy atom. The van der Waals surface area contributed by atoms with Gasteiger partial charge in [0.15, 0.2) is 5.82 Å². The molecule has 0 aliphatic carbocycles. The van der Waals surface area contributed by atoms with Gasteiger partial charge in [0, 0.05) is 17.8 Å². The quantitative estimate of drug-likeness (QED) is 0.803. The van der Waals surface area contributed by atoms with Gasteiger partial charge in [0.25, 0.3) is 0 Å². The second-order valence-electron chi connectivity index (χ2n) is 5.17. The number of aryl methyl sites for hydroxylation is 1. The first kappa shape index (κ1) is 16.6. The molecule has 2 aromatic rings. The van der Waals surface area contributed by atoms with Crippen molar-refractivity contribution in [2.75, 3.05) is 13.6 Å². The Kier molecular flexibility index (Phi) is 6.09. The van der Waals surface area contributed by atoms with Crippen LogP contribution >= 0.6 is 11.3 Å². The molecular weight excluding hydrogens is 300 g/mol. The lowest BCUT2D eigenvalue weighted by Gasteiger charge is -2.22. The van der Waals surface area contributed by atoms with Crippen molar-refractivity contribution in [3.05, 3.63) is 34.1 Å². The number of hydrogen-bond donors (Lipinski definition) is 1. The molecular formula is C15H22N4O2S. The first-order chi connectivity index (χ1) is 10.6. The van der Waals surface area contributed by atoms with Crippen LogP contribution in [0.4, 0.5) is 0 Å². The summed E-state index contributed by atoms with van der Waals surface area (Å²) in [5.41, 5.74) is 0. The lowest BCUT2D eigenvalue weighted by atomic mass is 10.2. The lowest BCUT2D eigenvalue weighted by molar-refractivity contribution is -0.125. The minimum Gasteiger partial charge on any atom is -0.354 e. The summed E-state index contributed by atoms with van der Waals surface area (Å²) < 4.78 is 5.15. The van der Waals surface area contributed by atoms with Crippen LogP contribution in [0.2, 0.25) is 0 Å². The van der Waals surface area contributed by atoms with E-state index >= 15 is 0 Å². The summed E-state index contributed by atoms with van der Waals surface area (Å²) in [6, 6.07) is 3.85. The molecule has 0 fully saturated rings. The topological polar surface area (TPSA) is 71.3 Å². The summed E-state index contributed by atoms with van der Waals surface area (Å²) in [6.45, 7) is 4.96. The van der Waals surface area contributed by atoms with Crippen LogP contribution in [0.3, 0.4) is 0 Å². The average molecular weight is 322 g/mol. The highest BCUT2D eigenvalue weighted by Gasteiger charge is 2.19. The molecule has 22 heavy (non-hydrogen) atoms. The first-order valence-electron chi connectivity index (χ1n) is 7.42. The molecule has 0 saturated carbocycles. The number of hydrogen-bond acceptors (Lipinski definition) is 6. The molecule has 2 rings (SSSR count). The van der Waals surface area contributed by atoms with Crippen molar-refractivity contribution in [3.63, 3.8) is 0 Å². The van der Waals surface area contributed by atoms with Gasteiger partial charge in [-0.1, -0.05) is 18.1 Å². The SMILES string of the molecule is CCc1noc(CN(C)C(C)C(=O)NCCc2cccs2)n1. The molecule has 0 saturated heterocycles. The van der Waals surface area contributed by atoms with Crippen molar-refractivity contribution in [1.29, 1.82) is 0 Å². The van der Waals surface area contributed by atoms with Crippen LogP contribution in [0.1, 0.15) is 30.4 Å². The van der Waals surface area contributed by atoms with E-state index in [9.17, 15) is 4.79 Å². The Hall–Kier alpha value is -1.73. The van der Waals surface area contributed by atoms with E-state index in [0.717, 1.165) is 12.8 Å². The summed E-state index contributed by atoms with van der Waals surface area (Å²) in [7, 11) is 1.87. The third-order valence-electron chi connectivity index (χ3n) is 3.50. The van der Waals surface area contributed by atoms with E-state index in [2.05, 4.69) is 21.5 Å². The highest BCUT2D eigenvalue weighted by Crippen LogP contribution is 2.09. The van der Waals surface area contributed by atoms with E-state index in [4.69, 9.17) is 4.52 Å². The minimum absolute atomic E-state index is 0.00860. The van der Waals surface area contributed by atoms with E-state index in [1.165, 1.54) is 4.88 Å². The smallest absolute Gasteiger partial charge is 0.240 e. The number of nitrogens with zero attached hydrogens (tertiary/aromatic N) is 3. The fourth-order valence-electron chi connectivity index (χ4n) is 1.96. The zero-order chi connectivity index (χ0) is 15.9. The van der Waals surface area contributed by atoms with Crippen LogP contribution in [0.25, 0.3) is 0 Å². The van der Waals surface area contributed by atoms with Gasteiger partial charge in [-0.25, -0.2) is 0 Å². The van der Waals surface area contributed by atoms with E-state index in [1.54, 1.807) is 11.3 Å². The maximum absolute atomic E-state index is 12.1. The summed E-state index contributed by atoms with van der Waals surface area (Å²) in [6.07, 6.45) is 1.61. The molecule has 120 valence electrons. The zero-order valence-corrected chi connectivity index (χ0v) is 14.0. The van der Waals surface area contributed by atoms with Gasteiger partial charge in [-0.05, 0) is 31.8 Å². The molecule has 7 heteroatoms. The predicted octanol–water partition coefficient (Wildman–Crippen LogP) is 1.87. The summed E-state index contributed by atoms with van der Waals surface area (Å²) >= 11 is 1.71. The number of amides is 1. The molecule has 1 N–H and O–H groups in total. The Labute approximate surface area is 134 Å². The molecule has 0 aliphatic rings. The number of carbonyl (C=O) groups excluding carboxylic acids is 1. The summed E-state index contributed by atoms with van der Waals surface area (Å²) in [5.74, 6) is 1.24. The highest BCUT2D eigenvalue weighted by atomic mass is 32.1. The van der Waals surface area contributed by atoms with E-state index in [1.807, 2.05) is 37.2 Å². The molecule has 1 unspecified atom stereocenters. The lowest BCUT2D eigenvalue weighted by Crippen LogP contribution is -2.43. The van der Waals surface area contributed by atoms with Crippen molar-refractivity contribution in [3.8, 4) is 0 Å². The highest BCUT2D eigenvalue weighted by molar-refractivity contribution is 7.09. The molecule has 6 nitrogen and oxygen atoms in total. The Bertz CT molecular complexity index is 582. The maximum atomic E-state index is 12.1. The van der Waals surface area contributed by atoms with Gasteiger partial charge in [0.05, 0.1) is 12.6 Å². The molecule has 2 heterocycles. The Morgan fingerprint density at radius 1 is 1.55 bits per heavy atom.